The average molecular weight is 414 g/mol. The maximum atomic E-state index is 12.5. The van der Waals surface area contributed by atoms with E-state index in [1.165, 1.54) is 22.9 Å². The summed E-state index contributed by atoms with van der Waals surface area (Å²) < 4.78 is -0.141. The number of hydrogen-bond donors (Lipinski definition) is 1. The van der Waals surface area contributed by atoms with Crippen molar-refractivity contribution in [2.75, 3.05) is 0 Å². The van der Waals surface area contributed by atoms with Crippen molar-refractivity contribution in [1.29, 1.82) is 0 Å². The third kappa shape index (κ3) is 8.33. The van der Waals surface area contributed by atoms with Gasteiger partial charge in [0, 0.05) is 30.3 Å². The SMILES string of the molecule is CC(C)[C@@H]([C@H](O)CC(=O)SC(C)(C)C)N(Cc1ccccc1)Cc1ccccc1. The van der Waals surface area contributed by atoms with E-state index >= 15 is 0 Å². The molecule has 0 aliphatic rings. The molecule has 2 rings (SSSR count). The molecule has 158 valence electrons. The Hall–Kier alpha value is -1.62. The molecule has 0 heterocycles. The summed E-state index contributed by atoms with van der Waals surface area (Å²) in [5.74, 6) is 0.213. The van der Waals surface area contributed by atoms with E-state index in [4.69, 9.17) is 0 Å². The Kier molecular flexibility index (Phi) is 8.94. The molecule has 2 atom stereocenters. The van der Waals surface area contributed by atoms with Crippen molar-refractivity contribution < 1.29 is 9.90 Å². The van der Waals surface area contributed by atoms with Crippen LogP contribution in [0.1, 0.15) is 52.2 Å². The second kappa shape index (κ2) is 11.0. The zero-order valence-corrected chi connectivity index (χ0v) is 19.2. The maximum absolute atomic E-state index is 12.5. The van der Waals surface area contributed by atoms with E-state index in [2.05, 4.69) is 43.0 Å². The van der Waals surface area contributed by atoms with E-state index in [0.717, 1.165) is 13.1 Å². The fraction of sp³-hybridized carbons (Fsp3) is 0.480. The number of aliphatic hydroxyl groups excluding tert-OH is 1. The molecule has 0 spiro atoms. The van der Waals surface area contributed by atoms with Crippen LogP contribution in [0.4, 0.5) is 0 Å². The summed E-state index contributed by atoms with van der Waals surface area (Å²) >= 11 is 1.32. The molecule has 0 fully saturated rings. The number of rotatable bonds is 9. The molecule has 0 unspecified atom stereocenters. The molecule has 0 aliphatic heterocycles. The normalized spacial score (nSPS) is 14.2. The molecule has 3 nitrogen and oxygen atoms in total. The van der Waals surface area contributed by atoms with E-state index in [9.17, 15) is 9.90 Å². The third-order valence-electron chi connectivity index (χ3n) is 4.75. The van der Waals surface area contributed by atoms with Gasteiger partial charge in [-0.15, -0.1) is 0 Å². The van der Waals surface area contributed by atoms with E-state index in [-0.39, 0.29) is 28.2 Å². The predicted molar refractivity (Wildman–Crippen MR) is 124 cm³/mol. The van der Waals surface area contributed by atoms with Gasteiger partial charge in [-0.3, -0.25) is 9.69 Å². The number of thioether (sulfide) groups is 1. The second-order valence-electron chi connectivity index (χ2n) is 8.97. The minimum atomic E-state index is -0.704. The smallest absolute Gasteiger partial charge is 0.192 e. The van der Waals surface area contributed by atoms with Gasteiger partial charge in [0.2, 0.25) is 0 Å². The molecule has 2 aromatic rings. The summed E-state index contributed by atoms with van der Waals surface area (Å²) in [4.78, 5) is 14.8. The van der Waals surface area contributed by atoms with Crippen LogP contribution in [0.5, 0.6) is 0 Å². The lowest BCUT2D eigenvalue weighted by atomic mass is 9.93. The van der Waals surface area contributed by atoms with Gasteiger partial charge < -0.3 is 5.11 Å². The first kappa shape index (κ1) is 23.7. The minimum Gasteiger partial charge on any atom is -0.391 e. The van der Waals surface area contributed by atoms with Gasteiger partial charge in [-0.1, -0.05) is 107 Å². The molecule has 0 bridgehead atoms. The number of nitrogens with zero attached hydrogens (tertiary/aromatic N) is 1. The summed E-state index contributed by atoms with van der Waals surface area (Å²) in [5, 5.41) is 11.1. The van der Waals surface area contributed by atoms with E-state index in [1.807, 2.05) is 57.2 Å². The highest BCUT2D eigenvalue weighted by molar-refractivity contribution is 8.14. The van der Waals surface area contributed by atoms with Gasteiger partial charge >= 0.3 is 0 Å². The van der Waals surface area contributed by atoms with Crippen molar-refractivity contribution in [3.63, 3.8) is 0 Å². The maximum Gasteiger partial charge on any atom is 0.192 e. The molecule has 0 amide bonds. The number of hydrogen-bond acceptors (Lipinski definition) is 4. The van der Waals surface area contributed by atoms with E-state index in [0.29, 0.717) is 0 Å². The molecule has 0 saturated carbocycles. The zero-order valence-electron chi connectivity index (χ0n) is 18.3. The highest BCUT2D eigenvalue weighted by atomic mass is 32.2. The number of carbonyl (C=O) groups is 1. The molecule has 1 N–H and O–H groups in total. The Morgan fingerprint density at radius 1 is 0.931 bits per heavy atom. The van der Waals surface area contributed by atoms with E-state index in [1.54, 1.807) is 0 Å². The molecule has 2 aromatic carbocycles. The van der Waals surface area contributed by atoms with Crippen molar-refractivity contribution in [3.05, 3.63) is 71.8 Å². The predicted octanol–water partition coefficient (Wildman–Crippen LogP) is 5.52. The Morgan fingerprint density at radius 3 is 1.76 bits per heavy atom. The summed E-state index contributed by atoms with van der Waals surface area (Å²) in [5.41, 5.74) is 2.41. The van der Waals surface area contributed by atoms with Crippen LogP contribution in [0.15, 0.2) is 60.7 Å². The van der Waals surface area contributed by atoms with Crippen molar-refractivity contribution in [2.45, 2.75) is 71.0 Å². The summed E-state index contributed by atoms with van der Waals surface area (Å²) in [6.07, 6.45) is -0.532. The highest BCUT2D eigenvalue weighted by Gasteiger charge is 2.31. The first-order valence-electron chi connectivity index (χ1n) is 10.4. The van der Waals surface area contributed by atoms with Crippen LogP contribution in [-0.4, -0.2) is 32.0 Å². The van der Waals surface area contributed by atoms with Crippen LogP contribution in [0.3, 0.4) is 0 Å². The summed E-state index contributed by atoms with van der Waals surface area (Å²) in [7, 11) is 0. The average Bonchev–Trinajstić information content (AvgIpc) is 2.61. The van der Waals surface area contributed by atoms with Crippen LogP contribution in [0.25, 0.3) is 0 Å². The standard InChI is InChI=1S/C25H35NO2S/c1-19(2)24(22(27)16-23(28)29-25(3,4)5)26(17-20-12-8-6-9-13-20)18-21-14-10-7-11-15-21/h6-15,19,22,24,27H,16-18H2,1-5H3/t22-,24+/m1/s1. The molecule has 0 saturated heterocycles. The topological polar surface area (TPSA) is 40.5 Å². The fourth-order valence-electron chi connectivity index (χ4n) is 3.69. The van der Waals surface area contributed by atoms with Gasteiger partial charge in [0.05, 0.1) is 6.10 Å². The van der Waals surface area contributed by atoms with Gasteiger partial charge in [-0.05, 0) is 17.0 Å². The molecule has 29 heavy (non-hydrogen) atoms. The monoisotopic (exact) mass is 413 g/mol. The van der Waals surface area contributed by atoms with Gasteiger partial charge in [0.1, 0.15) is 0 Å². The molecule has 0 radical (unpaired) electrons. The largest absolute Gasteiger partial charge is 0.391 e. The van der Waals surface area contributed by atoms with Crippen LogP contribution in [0.2, 0.25) is 0 Å². The van der Waals surface area contributed by atoms with Crippen LogP contribution < -0.4 is 0 Å². The number of benzene rings is 2. The molecular weight excluding hydrogens is 378 g/mol. The number of carbonyl (C=O) groups excluding carboxylic acids is 1. The first-order chi connectivity index (χ1) is 13.7. The molecule has 0 aliphatic carbocycles. The molecule has 0 aromatic heterocycles. The third-order valence-corrected chi connectivity index (χ3v) is 5.76. The Labute approximate surface area is 180 Å². The highest BCUT2D eigenvalue weighted by Crippen LogP contribution is 2.28. The summed E-state index contributed by atoms with van der Waals surface area (Å²) in [6, 6.07) is 20.5. The van der Waals surface area contributed by atoms with Crippen molar-refractivity contribution >= 4 is 16.9 Å². The Balaban J connectivity index is 2.23. The Bertz CT molecular complexity index is 699. The first-order valence-corrected chi connectivity index (χ1v) is 11.2. The molecule has 4 heteroatoms. The lowest BCUT2D eigenvalue weighted by Gasteiger charge is -2.38. The fourth-order valence-corrected chi connectivity index (χ4v) is 4.62. The number of aliphatic hydroxyl groups is 1. The quantitative estimate of drug-likeness (QED) is 0.587. The van der Waals surface area contributed by atoms with Gasteiger partial charge in [0.15, 0.2) is 5.12 Å². The van der Waals surface area contributed by atoms with Crippen molar-refractivity contribution in [3.8, 4) is 0 Å². The minimum absolute atomic E-state index is 0.0509. The van der Waals surface area contributed by atoms with Gasteiger partial charge in [-0.25, -0.2) is 0 Å². The van der Waals surface area contributed by atoms with Crippen LogP contribution >= 0.6 is 11.8 Å². The van der Waals surface area contributed by atoms with Gasteiger partial charge in [-0.2, -0.15) is 0 Å². The zero-order chi connectivity index (χ0) is 21.4. The lowest BCUT2D eigenvalue weighted by Crippen LogP contribution is -2.47. The van der Waals surface area contributed by atoms with Crippen molar-refractivity contribution in [1.82, 2.24) is 4.90 Å². The Morgan fingerprint density at radius 2 is 1.38 bits per heavy atom. The van der Waals surface area contributed by atoms with Crippen molar-refractivity contribution in [2.24, 2.45) is 5.92 Å². The van der Waals surface area contributed by atoms with Crippen LogP contribution in [-0.2, 0) is 17.9 Å². The van der Waals surface area contributed by atoms with Crippen LogP contribution in [0, 0.1) is 5.92 Å². The van der Waals surface area contributed by atoms with Gasteiger partial charge in [0.25, 0.3) is 0 Å². The summed E-state index contributed by atoms with van der Waals surface area (Å²) in [6.45, 7) is 11.8. The second-order valence-corrected chi connectivity index (χ2v) is 10.9. The molecular formula is C25H35NO2S. The van der Waals surface area contributed by atoms with E-state index < -0.39 is 6.10 Å². The lowest BCUT2D eigenvalue weighted by molar-refractivity contribution is -0.114.